The van der Waals surface area contributed by atoms with Gasteiger partial charge in [-0.25, -0.2) is 4.39 Å². The molecule has 1 fully saturated rings. The highest BCUT2D eigenvalue weighted by atomic mass is 19.1. The average Bonchev–Trinajstić information content (AvgIpc) is 3.05. The van der Waals surface area contributed by atoms with Crippen molar-refractivity contribution in [3.63, 3.8) is 0 Å². The summed E-state index contributed by atoms with van der Waals surface area (Å²) >= 11 is 0. The number of Topliss-reactive ketones (excluding diaryl/α,β-unsaturated/α-hetero) is 1. The molecule has 1 atom stereocenters. The number of piperidine rings is 1. The van der Waals surface area contributed by atoms with Crippen molar-refractivity contribution in [2.24, 2.45) is 5.92 Å². The topological polar surface area (TPSA) is 62.6 Å². The maximum Gasteiger partial charge on any atom is 0.166 e. The van der Waals surface area contributed by atoms with Gasteiger partial charge < -0.3 is 14.4 Å². The number of rotatable bonds is 20. The second-order valence-electron chi connectivity index (χ2n) is 12.3. The maximum atomic E-state index is 13.3. The highest BCUT2D eigenvalue weighted by Crippen LogP contribution is 2.39. The molecule has 0 radical (unpaired) electrons. The lowest BCUT2D eigenvalue weighted by Gasteiger charge is -2.32. The molecular weight excluding hydrogens is 539 g/mol. The minimum atomic E-state index is -0.546. The lowest BCUT2D eigenvalue weighted by Crippen LogP contribution is -2.37. The van der Waals surface area contributed by atoms with Gasteiger partial charge in [0.15, 0.2) is 17.3 Å². The number of hydrogen-bond donors (Lipinski definition) is 0. The molecular formula is C37H53FN2O3. The van der Waals surface area contributed by atoms with Crippen LogP contribution in [0.4, 0.5) is 4.39 Å². The zero-order chi connectivity index (χ0) is 30.9. The van der Waals surface area contributed by atoms with E-state index in [9.17, 15) is 14.4 Å². The van der Waals surface area contributed by atoms with Crippen molar-refractivity contribution in [1.29, 1.82) is 5.26 Å². The van der Waals surface area contributed by atoms with Gasteiger partial charge in [-0.05, 0) is 93.7 Å². The number of hydrogen-bond acceptors (Lipinski definition) is 5. The first-order valence-corrected chi connectivity index (χ1v) is 16.6. The van der Waals surface area contributed by atoms with E-state index >= 15 is 0 Å². The quantitative estimate of drug-likeness (QED) is 0.113. The minimum absolute atomic E-state index is 0.00865. The van der Waals surface area contributed by atoms with Crippen LogP contribution in [-0.2, 0) is 5.41 Å². The Labute approximate surface area is 259 Å². The molecule has 2 aromatic carbocycles. The second-order valence-corrected chi connectivity index (χ2v) is 12.3. The van der Waals surface area contributed by atoms with Gasteiger partial charge in [0.05, 0.1) is 25.7 Å². The monoisotopic (exact) mass is 592 g/mol. The van der Waals surface area contributed by atoms with Gasteiger partial charge in [0.1, 0.15) is 5.82 Å². The fraction of sp³-hybridized carbons (Fsp3) is 0.622. The molecule has 1 aliphatic heterocycles. The number of ketones is 1. The van der Waals surface area contributed by atoms with E-state index in [0.29, 0.717) is 17.1 Å². The van der Waals surface area contributed by atoms with Crippen molar-refractivity contribution in [2.45, 2.75) is 109 Å². The van der Waals surface area contributed by atoms with Crippen LogP contribution < -0.4 is 9.47 Å². The van der Waals surface area contributed by atoms with Crippen LogP contribution in [0.1, 0.15) is 119 Å². The summed E-state index contributed by atoms with van der Waals surface area (Å²) in [5, 5.41) is 10.6. The van der Waals surface area contributed by atoms with Crippen LogP contribution >= 0.6 is 0 Å². The van der Waals surface area contributed by atoms with Crippen molar-refractivity contribution in [1.82, 2.24) is 4.90 Å². The molecule has 1 aliphatic rings. The van der Waals surface area contributed by atoms with Gasteiger partial charge in [0.2, 0.25) is 0 Å². The van der Waals surface area contributed by atoms with Crippen LogP contribution in [0.3, 0.4) is 0 Å². The summed E-state index contributed by atoms with van der Waals surface area (Å²) in [5.74, 6) is 1.18. The Morgan fingerprint density at radius 1 is 0.860 bits per heavy atom. The van der Waals surface area contributed by atoms with Gasteiger partial charge >= 0.3 is 0 Å². The number of nitriles is 1. The Bertz CT molecular complexity index is 1140. The summed E-state index contributed by atoms with van der Waals surface area (Å²) < 4.78 is 24.3. The molecule has 1 saturated heterocycles. The summed E-state index contributed by atoms with van der Waals surface area (Å²) in [6, 6.07) is 14.6. The van der Waals surface area contributed by atoms with Gasteiger partial charge in [-0.15, -0.1) is 0 Å². The van der Waals surface area contributed by atoms with Crippen molar-refractivity contribution in [3.8, 4) is 17.6 Å². The highest BCUT2D eigenvalue weighted by Gasteiger charge is 2.33. The number of methoxy groups -OCH3 is 2. The summed E-state index contributed by atoms with van der Waals surface area (Å²) in [4.78, 5) is 15.3. The fourth-order valence-corrected chi connectivity index (χ4v) is 6.49. The standard InChI is InChI=1S/C37H53FN2O3/c1-4-5-6-7-8-9-10-11-12-23-37(29-39,32-17-20-34(42-2)35(28-32)43-3)24-13-14-25-40-26-21-31(22-27-40)36(41)30-15-18-33(38)19-16-30/h15-20,28,31H,4-14,21-27H2,1-3H3. The third-order valence-corrected chi connectivity index (χ3v) is 9.27. The number of ether oxygens (including phenoxy) is 2. The zero-order valence-electron chi connectivity index (χ0n) is 26.8. The number of halogens is 1. The fourth-order valence-electron chi connectivity index (χ4n) is 6.49. The largest absolute Gasteiger partial charge is 0.493 e. The first-order chi connectivity index (χ1) is 21.0. The molecule has 0 bridgehead atoms. The Kier molecular flexibility index (Phi) is 15.0. The van der Waals surface area contributed by atoms with E-state index in [1.165, 1.54) is 57.1 Å². The molecule has 5 nitrogen and oxygen atoms in total. The van der Waals surface area contributed by atoms with Crippen molar-refractivity contribution in [2.75, 3.05) is 33.9 Å². The van der Waals surface area contributed by atoms with Crippen molar-refractivity contribution in [3.05, 3.63) is 59.4 Å². The Balaban J connectivity index is 1.51. The van der Waals surface area contributed by atoms with Gasteiger partial charge in [0.25, 0.3) is 0 Å². The van der Waals surface area contributed by atoms with E-state index in [1.807, 2.05) is 18.2 Å². The molecule has 236 valence electrons. The third-order valence-electron chi connectivity index (χ3n) is 9.27. The van der Waals surface area contributed by atoms with Gasteiger partial charge in [0, 0.05) is 11.5 Å². The lowest BCUT2D eigenvalue weighted by atomic mass is 9.73. The van der Waals surface area contributed by atoms with E-state index in [4.69, 9.17) is 9.47 Å². The number of carbonyl (C=O) groups is 1. The first kappa shape index (κ1) is 34.6. The van der Waals surface area contributed by atoms with Gasteiger partial charge in [-0.2, -0.15) is 5.26 Å². The summed E-state index contributed by atoms with van der Waals surface area (Å²) in [5.41, 5.74) is 1.08. The molecule has 0 spiro atoms. The molecule has 0 aliphatic carbocycles. The minimum Gasteiger partial charge on any atom is -0.493 e. The molecule has 43 heavy (non-hydrogen) atoms. The number of unbranched alkanes of at least 4 members (excludes halogenated alkanes) is 9. The number of carbonyl (C=O) groups excluding carboxylic acids is 1. The maximum absolute atomic E-state index is 13.3. The average molecular weight is 593 g/mol. The summed E-state index contributed by atoms with van der Waals surface area (Å²) in [7, 11) is 3.28. The lowest BCUT2D eigenvalue weighted by molar-refractivity contribution is 0.0838. The van der Waals surface area contributed by atoms with Gasteiger partial charge in [-0.3, -0.25) is 4.79 Å². The van der Waals surface area contributed by atoms with Crippen molar-refractivity contribution >= 4 is 5.78 Å². The summed E-state index contributed by atoms with van der Waals surface area (Å²) in [6.07, 6.45) is 16.7. The predicted molar refractivity (Wildman–Crippen MR) is 172 cm³/mol. The molecule has 0 aromatic heterocycles. The third kappa shape index (κ3) is 10.6. The highest BCUT2D eigenvalue weighted by molar-refractivity contribution is 5.97. The van der Waals surface area contributed by atoms with E-state index < -0.39 is 5.41 Å². The molecule has 2 aromatic rings. The molecule has 0 amide bonds. The van der Waals surface area contributed by atoms with Crippen LogP contribution in [0.15, 0.2) is 42.5 Å². The SMILES string of the molecule is CCCCCCCCCCCC(C#N)(CCCCN1CCC(C(=O)c2ccc(F)cc2)CC1)c1ccc(OC)c(OC)c1. The molecule has 6 heteroatoms. The second kappa shape index (κ2) is 18.7. The number of benzene rings is 2. The van der Waals surface area contributed by atoms with Crippen LogP contribution in [0.25, 0.3) is 0 Å². The first-order valence-electron chi connectivity index (χ1n) is 16.6. The van der Waals surface area contributed by atoms with Crippen LogP contribution in [0.2, 0.25) is 0 Å². The molecule has 0 saturated carbocycles. The zero-order valence-corrected chi connectivity index (χ0v) is 26.8. The van der Waals surface area contributed by atoms with Crippen LogP contribution in [0, 0.1) is 23.1 Å². The number of nitrogens with zero attached hydrogens (tertiary/aromatic N) is 2. The van der Waals surface area contributed by atoms with E-state index in [-0.39, 0.29) is 17.5 Å². The van der Waals surface area contributed by atoms with E-state index in [1.54, 1.807) is 26.4 Å². The normalized spacial score (nSPS) is 15.5. The molecule has 1 heterocycles. The predicted octanol–water partition coefficient (Wildman–Crippen LogP) is 9.29. The molecule has 0 N–H and O–H groups in total. The molecule has 1 unspecified atom stereocenters. The van der Waals surface area contributed by atoms with Crippen molar-refractivity contribution < 1.29 is 18.7 Å². The Morgan fingerprint density at radius 3 is 2.02 bits per heavy atom. The van der Waals surface area contributed by atoms with E-state index in [2.05, 4.69) is 17.9 Å². The smallest absolute Gasteiger partial charge is 0.166 e. The van der Waals surface area contributed by atoms with E-state index in [0.717, 1.165) is 76.6 Å². The Morgan fingerprint density at radius 2 is 1.44 bits per heavy atom. The van der Waals surface area contributed by atoms with Crippen LogP contribution in [-0.4, -0.2) is 44.5 Å². The summed E-state index contributed by atoms with van der Waals surface area (Å²) in [6.45, 7) is 5.03. The molecule has 3 rings (SSSR count). The number of likely N-dealkylation sites (tertiary alicyclic amines) is 1. The van der Waals surface area contributed by atoms with Gasteiger partial charge in [-0.1, -0.05) is 77.2 Å². The Hall–Kier alpha value is -2.91. The van der Waals surface area contributed by atoms with Crippen LogP contribution in [0.5, 0.6) is 11.5 Å².